The van der Waals surface area contributed by atoms with Crippen molar-refractivity contribution in [2.75, 3.05) is 14.2 Å². The molecule has 1 aromatic carbocycles. The third kappa shape index (κ3) is 2.95. The molecule has 0 fully saturated rings. The molecule has 0 aromatic heterocycles. The maximum atomic E-state index is 5.19. The summed E-state index contributed by atoms with van der Waals surface area (Å²) in [4.78, 5) is 4.77. The number of rotatable bonds is 4. The van der Waals surface area contributed by atoms with Gasteiger partial charge in [-0.2, -0.15) is 5.48 Å². The molecule has 0 saturated carbocycles. The molecule has 1 rings (SSSR count). The second kappa shape index (κ2) is 5.70. The molecule has 0 saturated heterocycles. The molecule has 0 aliphatic heterocycles. The van der Waals surface area contributed by atoms with Gasteiger partial charge in [0.15, 0.2) is 0 Å². The van der Waals surface area contributed by atoms with E-state index in [1.807, 2.05) is 12.1 Å². The molecule has 0 atom stereocenters. The summed E-state index contributed by atoms with van der Waals surface area (Å²) in [6, 6.07) is 3.96. The fourth-order valence-electron chi connectivity index (χ4n) is 1.06. The third-order valence-corrected chi connectivity index (χ3v) is 2.86. The first-order valence-electron chi connectivity index (χ1n) is 3.96. The number of benzene rings is 1. The summed E-state index contributed by atoms with van der Waals surface area (Å²) in [7, 11) is 3.23. The minimum absolute atomic E-state index is 0.650. The lowest BCUT2D eigenvalue weighted by molar-refractivity contribution is 0.0867. The molecule has 0 heterocycles. The summed E-state index contributed by atoms with van der Waals surface area (Å²) in [6.07, 6.45) is 0. The van der Waals surface area contributed by atoms with Gasteiger partial charge >= 0.3 is 0 Å². The van der Waals surface area contributed by atoms with Crippen LogP contribution in [-0.2, 0) is 11.4 Å². The molecular weight excluding hydrogens is 314 g/mol. The topological polar surface area (TPSA) is 30.5 Å². The van der Waals surface area contributed by atoms with Crippen LogP contribution in [0.4, 0.5) is 0 Å². The van der Waals surface area contributed by atoms with Gasteiger partial charge in [-0.1, -0.05) is 0 Å². The number of methoxy groups -OCH3 is 1. The van der Waals surface area contributed by atoms with Crippen molar-refractivity contribution in [3.05, 3.63) is 26.6 Å². The summed E-state index contributed by atoms with van der Waals surface area (Å²) >= 11 is 6.85. The van der Waals surface area contributed by atoms with E-state index < -0.39 is 0 Å². The minimum Gasteiger partial charge on any atom is -0.494 e. The number of nitrogens with one attached hydrogen (secondary N) is 1. The zero-order valence-corrected chi connectivity index (χ0v) is 11.1. The van der Waals surface area contributed by atoms with Gasteiger partial charge in [0.1, 0.15) is 5.75 Å². The highest BCUT2D eigenvalue weighted by molar-refractivity contribution is 9.11. The van der Waals surface area contributed by atoms with E-state index in [9.17, 15) is 0 Å². The molecule has 5 heteroatoms. The van der Waals surface area contributed by atoms with E-state index in [1.165, 1.54) is 0 Å². The molecular formula is C9H11Br2NO2. The molecule has 0 spiro atoms. The van der Waals surface area contributed by atoms with Crippen molar-refractivity contribution in [3.8, 4) is 5.75 Å². The lowest BCUT2D eigenvalue weighted by Gasteiger charge is -2.09. The van der Waals surface area contributed by atoms with Crippen molar-refractivity contribution in [2.45, 2.75) is 6.54 Å². The lowest BCUT2D eigenvalue weighted by atomic mass is 10.2. The van der Waals surface area contributed by atoms with Crippen molar-refractivity contribution < 1.29 is 9.57 Å². The van der Waals surface area contributed by atoms with E-state index in [2.05, 4.69) is 37.3 Å². The smallest absolute Gasteiger partial charge is 0.147 e. The third-order valence-electron chi connectivity index (χ3n) is 1.68. The van der Waals surface area contributed by atoms with Gasteiger partial charge in [0.05, 0.1) is 23.2 Å². The van der Waals surface area contributed by atoms with Gasteiger partial charge in [-0.3, -0.25) is 0 Å². The molecule has 3 nitrogen and oxygen atoms in total. The average molecular weight is 325 g/mol. The molecule has 0 radical (unpaired) electrons. The molecule has 0 amide bonds. The average Bonchev–Trinajstić information content (AvgIpc) is 2.14. The van der Waals surface area contributed by atoms with Crippen LogP contribution in [0.1, 0.15) is 5.56 Å². The van der Waals surface area contributed by atoms with E-state index in [0.29, 0.717) is 6.54 Å². The SMILES string of the molecule is CONCc1cc(Br)c(OC)c(Br)c1. The summed E-state index contributed by atoms with van der Waals surface area (Å²) < 4.78 is 7.03. The van der Waals surface area contributed by atoms with Crippen LogP contribution < -0.4 is 10.2 Å². The Morgan fingerprint density at radius 2 is 1.79 bits per heavy atom. The van der Waals surface area contributed by atoms with E-state index in [0.717, 1.165) is 20.3 Å². The van der Waals surface area contributed by atoms with E-state index in [-0.39, 0.29) is 0 Å². The van der Waals surface area contributed by atoms with Crippen molar-refractivity contribution in [1.82, 2.24) is 5.48 Å². The number of halogens is 2. The first-order valence-corrected chi connectivity index (χ1v) is 5.55. The zero-order valence-electron chi connectivity index (χ0n) is 7.93. The first kappa shape index (κ1) is 12.0. The Hall–Kier alpha value is -0.100. The Morgan fingerprint density at radius 3 is 2.21 bits per heavy atom. The molecule has 78 valence electrons. The van der Waals surface area contributed by atoms with Crippen LogP contribution in [0, 0.1) is 0 Å². The summed E-state index contributed by atoms with van der Waals surface area (Å²) in [5.74, 6) is 0.797. The molecule has 1 aromatic rings. The van der Waals surface area contributed by atoms with Crippen LogP contribution in [0.25, 0.3) is 0 Å². The number of ether oxygens (including phenoxy) is 1. The predicted molar refractivity (Wildman–Crippen MR) is 62.2 cm³/mol. The van der Waals surface area contributed by atoms with Gasteiger partial charge in [0.25, 0.3) is 0 Å². The molecule has 0 bridgehead atoms. The van der Waals surface area contributed by atoms with Crippen molar-refractivity contribution in [3.63, 3.8) is 0 Å². The van der Waals surface area contributed by atoms with Crippen LogP contribution >= 0.6 is 31.9 Å². The Kier molecular flexibility index (Phi) is 4.88. The lowest BCUT2D eigenvalue weighted by Crippen LogP contribution is -2.10. The standard InChI is InChI=1S/C9H11Br2NO2/c1-13-9-7(10)3-6(4-8(9)11)5-12-14-2/h3-4,12H,5H2,1-2H3. The largest absolute Gasteiger partial charge is 0.494 e. The second-order valence-corrected chi connectivity index (χ2v) is 4.33. The summed E-state index contributed by atoms with van der Waals surface area (Å²) in [5.41, 5.74) is 3.88. The Bertz CT molecular complexity index is 295. The number of hydroxylamine groups is 1. The van der Waals surface area contributed by atoms with Gasteiger partial charge in [-0.25, -0.2) is 0 Å². The number of hydrogen-bond acceptors (Lipinski definition) is 3. The van der Waals surface area contributed by atoms with Crippen molar-refractivity contribution in [1.29, 1.82) is 0 Å². The first-order chi connectivity index (χ1) is 6.69. The predicted octanol–water partition coefficient (Wildman–Crippen LogP) is 2.87. The molecule has 0 unspecified atom stereocenters. The quantitative estimate of drug-likeness (QED) is 0.864. The van der Waals surface area contributed by atoms with Crippen LogP contribution in [0.5, 0.6) is 5.75 Å². The second-order valence-electron chi connectivity index (χ2n) is 2.62. The van der Waals surface area contributed by atoms with Gasteiger partial charge in [-0.15, -0.1) is 0 Å². The summed E-state index contributed by atoms with van der Waals surface area (Å²) in [6.45, 7) is 0.650. The van der Waals surface area contributed by atoms with Crippen molar-refractivity contribution in [2.24, 2.45) is 0 Å². The van der Waals surface area contributed by atoms with Crippen LogP contribution in [0.2, 0.25) is 0 Å². The van der Waals surface area contributed by atoms with Crippen LogP contribution in [0.15, 0.2) is 21.1 Å². The minimum atomic E-state index is 0.650. The van der Waals surface area contributed by atoms with Gasteiger partial charge in [-0.05, 0) is 49.6 Å². The fourth-order valence-corrected chi connectivity index (χ4v) is 2.67. The van der Waals surface area contributed by atoms with Crippen LogP contribution in [0.3, 0.4) is 0 Å². The molecule has 1 N–H and O–H groups in total. The van der Waals surface area contributed by atoms with E-state index >= 15 is 0 Å². The maximum absolute atomic E-state index is 5.19. The fraction of sp³-hybridized carbons (Fsp3) is 0.333. The Labute approximate surface area is 100.0 Å². The maximum Gasteiger partial charge on any atom is 0.147 e. The highest BCUT2D eigenvalue weighted by Crippen LogP contribution is 2.34. The zero-order chi connectivity index (χ0) is 10.6. The summed E-state index contributed by atoms with van der Waals surface area (Å²) in [5, 5.41) is 0. The van der Waals surface area contributed by atoms with Crippen LogP contribution in [-0.4, -0.2) is 14.2 Å². The van der Waals surface area contributed by atoms with Crippen molar-refractivity contribution >= 4 is 31.9 Å². The van der Waals surface area contributed by atoms with E-state index in [1.54, 1.807) is 14.2 Å². The Balaban J connectivity index is 2.90. The molecule has 0 aliphatic rings. The highest BCUT2D eigenvalue weighted by atomic mass is 79.9. The van der Waals surface area contributed by atoms with E-state index in [4.69, 9.17) is 9.57 Å². The Morgan fingerprint density at radius 1 is 1.21 bits per heavy atom. The molecule has 14 heavy (non-hydrogen) atoms. The highest BCUT2D eigenvalue weighted by Gasteiger charge is 2.07. The van der Waals surface area contributed by atoms with Gasteiger partial charge in [0, 0.05) is 6.54 Å². The molecule has 0 aliphatic carbocycles. The monoisotopic (exact) mass is 323 g/mol. The van der Waals surface area contributed by atoms with Gasteiger partial charge < -0.3 is 9.57 Å². The normalized spacial score (nSPS) is 10.3. The van der Waals surface area contributed by atoms with Gasteiger partial charge in [0.2, 0.25) is 0 Å². The number of hydrogen-bond donors (Lipinski definition) is 1.